The van der Waals surface area contributed by atoms with Gasteiger partial charge in [0, 0.05) is 23.7 Å². The number of hydrogen-bond acceptors (Lipinski definition) is 3. The van der Waals surface area contributed by atoms with Gasteiger partial charge in [0.15, 0.2) is 5.82 Å². The minimum atomic E-state index is 0.0164. The van der Waals surface area contributed by atoms with E-state index in [0.29, 0.717) is 5.88 Å². The minimum Gasteiger partial charge on any atom is -0.362 e. The lowest BCUT2D eigenvalue weighted by Crippen LogP contribution is -2.47. The molecule has 5 heteroatoms. The molecule has 4 nitrogen and oxygen atoms in total. The Kier molecular flexibility index (Phi) is 3.16. The molecule has 2 aromatic rings. The molecule has 0 saturated heterocycles. The molecule has 2 heterocycles. The van der Waals surface area contributed by atoms with E-state index < -0.39 is 0 Å². The number of rotatable bonds is 3. The number of aromatic nitrogens is 3. The molecule has 1 N–H and O–H groups in total. The summed E-state index contributed by atoms with van der Waals surface area (Å²) >= 11 is 6.13. The second-order valence-electron chi connectivity index (χ2n) is 6.78. The maximum atomic E-state index is 6.13. The minimum absolute atomic E-state index is 0.0164. The standard InChI is InChI=1S/C15H21ClN4/c1-14(2,3)12-9-11-13(17-7-8-20(11)19-12)18-15(10-16)5-4-6-15/h7-9H,4-6,10H2,1-3H3,(H,17,18). The number of hydrogen-bond donors (Lipinski definition) is 1. The van der Waals surface area contributed by atoms with Gasteiger partial charge in [-0.3, -0.25) is 0 Å². The Morgan fingerprint density at radius 2 is 2.15 bits per heavy atom. The second-order valence-corrected chi connectivity index (χ2v) is 7.05. The van der Waals surface area contributed by atoms with Crippen LogP contribution in [0.3, 0.4) is 0 Å². The van der Waals surface area contributed by atoms with E-state index in [1.807, 2.05) is 10.7 Å². The van der Waals surface area contributed by atoms with Crippen molar-refractivity contribution in [2.45, 2.75) is 51.0 Å². The van der Waals surface area contributed by atoms with Gasteiger partial charge in [-0.25, -0.2) is 9.50 Å². The van der Waals surface area contributed by atoms with Crippen LogP contribution in [0.2, 0.25) is 0 Å². The summed E-state index contributed by atoms with van der Waals surface area (Å²) in [6.07, 6.45) is 7.13. The van der Waals surface area contributed by atoms with Crippen LogP contribution in [0.5, 0.6) is 0 Å². The molecule has 20 heavy (non-hydrogen) atoms. The van der Waals surface area contributed by atoms with Crippen LogP contribution in [0.15, 0.2) is 18.5 Å². The molecule has 1 aliphatic carbocycles. The van der Waals surface area contributed by atoms with Crippen molar-refractivity contribution < 1.29 is 0 Å². The fourth-order valence-corrected chi connectivity index (χ4v) is 2.87. The van der Waals surface area contributed by atoms with Gasteiger partial charge in [-0.1, -0.05) is 20.8 Å². The van der Waals surface area contributed by atoms with Crippen LogP contribution in [0.25, 0.3) is 5.52 Å². The fourth-order valence-electron chi connectivity index (χ4n) is 2.53. The van der Waals surface area contributed by atoms with Crippen LogP contribution in [-0.2, 0) is 5.41 Å². The lowest BCUT2D eigenvalue weighted by molar-refractivity contribution is 0.310. The SMILES string of the molecule is CC(C)(C)c1cc2c(NC3(CCl)CCC3)nccn2n1. The van der Waals surface area contributed by atoms with E-state index in [-0.39, 0.29) is 11.0 Å². The first kappa shape index (κ1) is 13.7. The lowest BCUT2D eigenvalue weighted by Gasteiger charge is -2.41. The Hall–Kier alpha value is -1.29. The smallest absolute Gasteiger partial charge is 0.152 e. The van der Waals surface area contributed by atoms with Gasteiger partial charge >= 0.3 is 0 Å². The van der Waals surface area contributed by atoms with E-state index in [0.717, 1.165) is 29.9 Å². The molecule has 108 valence electrons. The largest absolute Gasteiger partial charge is 0.362 e. The molecular formula is C15H21ClN4. The molecule has 3 rings (SSSR count). The summed E-state index contributed by atoms with van der Waals surface area (Å²) in [6, 6.07) is 2.12. The predicted molar refractivity (Wildman–Crippen MR) is 82.6 cm³/mol. The summed E-state index contributed by atoms with van der Waals surface area (Å²) in [5.41, 5.74) is 2.14. The number of nitrogens with one attached hydrogen (secondary N) is 1. The number of fused-ring (bicyclic) bond motifs is 1. The van der Waals surface area contributed by atoms with Crippen molar-refractivity contribution >= 4 is 22.9 Å². The number of anilines is 1. The average Bonchev–Trinajstić information content (AvgIpc) is 2.78. The van der Waals surface area contributed by atoms with Crippen LogP contribution >= 0.6 is 11.6 Å². The first-order valence-corrected chi connectivity index (χ1v) is 7.66. The number of alkyl halides is 1. The normalized spacial score (nSPS) is 18.0. The van der Waals surface area contributed by atoms with Gasteiger partial charge in [-0.2, -0.15) is 5.10 Å². The van der Waals surface area contributed by atoms with Crippen molar-refractivity contribution in [2.75, 3.05) is 11.2 Å². The van der Waals surface area contributed by atoms with Gasteiger partial charge in [0.25, 0.3) is 0 Å². The summed E-state index contributed by atoms with van der Waals surface area (Å²) < 4.78 is 1.90. The molecule has 0 atom stereocenters. The Morgan fingerprint density at radius 1 is 1.40 bits per heavy atom. The quantitative estimate of drug-likeness (QED) is 0.879. The van der Waals surface area contributed by atoms with E-state index >= 15 is 0 Å². The predicted octanol–water partition coefficient (Wildman–Crippen LogP) is 3.60. The molecule has 0 amide bonds. The highest BCUT2D eigenvalue weighted by Gasteiger charge is 2.36. The van der Waals surface area contributed by atoms with Crippen LogP contribution in [0.4, 0.5) is 5.82 Å². The van der Waals surface area contributed by atoms with E-state index in [9.17, 15) is 0 Å². The zero-order chi connectivity index (χ0) is 14.4. The average molecular weight is 293 g/mol. The highest BCUT2D eigenvalue weighted by molar-refractivity contribution is 6.19. The molecule has 0 unspecified atom stereocenters. The first-order valence-electron chi connectivity index (χ1n) is 7.13. The van der Waals surface area contributed by atoms with E-state index in [1.54, 1.807) is 6.20 Å². The third kappa shape index (κ3) is 2.26. The summed E-state index contributed by atoms with van der Waals surface area (Å²) in [5, 5.41) is 8.19. The van der Waals surface area contributed by atoms with Gasteiger partial charge in [0.05, 0.1) is 11.2 Å². The van der Waals surface area contributed by atoms with Gasteiger partial charge in [-0.15, -0.1) is 11.6 Å². The lowest BCUT2D eigenvalue weighted by atomic mass is 9.78. The summed E-state index contributed by atoms with van der Waals surface area (Å²) in [7, 11) is 0. The Morgan fingerprint density at radius 3 is 2.70 bits per heavy atom. The molecule has 1 saturated carbocycles. The van der Waals surface area contributed by atoms with Gasteiger partial charge in [0.2, 0.25) is 0 Å². The molecule has 0 aliphatic heterocycles. The Bertz CT molecular complexity index is 617. The van der Waals surface area contributed by atoms with Crippen molar-refractivity contribution in [1.29, 1.82) is 0 Å². The van der Waals surface area contributed by atoms with Gasteiger partial charge < -0.3 is 5.32 Å². The summed E-state index contributed by atoms with van der Waals surface area (Å²) in [5.74, 6) is 1.51. The van der Waals surface area contributed by atoms with Crippen LogP contribution in [-0.4, -0.2) is 26.0 Å². The van der Waals surface area contributed by atoms with E-state index in [4.69, 9.17) is 11.6 Å². The second kappa shape index (κ2) is 4.62. The first-order chi connectivity index (χ1) is 9.43. The molecule has 1 fully saturated rings. The molecule has 0 radical (unpaired) electrons. The zero-order valence-corrected chi connectivity index (χ0v) is 13.0. The molecule has 0 aromatic carbocycles. The maximum Gasteiger partial charge on any atom is 0.152 e. The highest BCUT2D eigenvalue weighted by Crippen LogP contribution is 2.37. The Balaban J connectivity index is 2.01. The molecular weight excluding hydrogens is 272 g/mol. The number of halogens is 1. The molecule has 1 aliphatic rings. The highest BCUT2D eigenvalue weighted by atomic mass is 35.5. The van der Waals surface area contributed by atoms with E-state index in [1.165, 1.54) is 6.42 Å². The number of nitrogens with zero attached hydrogens (tertiary/aromatic N) is 3. The topological polar surface area (TPSA) is 42.2 Å². The van der Waals surface area contributed by atoms with Crippen LogP contribution < -0.4 is 5.32 Å². The van der Waals surface area contributed by atoms with Crippen molar-refractivity contribution in [3.8, 4) is 0 Å². The molecule has 2 aromatic heterocycles. The van der Waals surface area contributed by atoms with Crippen molar-refractivity contribution in [2.24, 2.45) is 0 Å². The summed E-state index contributed by atoms with van der Waals surface area (Å²) in [6.45, 7) is 6.50. The van der Waals surface area contributed by atoms with Crippen molar-refractivity contribution in [3.05, 3.63) is 24.2 Å². The monoisotopic (exact) mass is 292 g/mol. The van der Waals surface area contributed by atoms with Gasteiger partial charge in [0.1, 0.15) is 5.52 Å². The molecule has 0 spiro atoms. The summed E-state index contributed by atoms with van der Waals surface area (Å²) in [4.78, 5) is 4.49. The van der Waals surface area contributed by atoms with Crippen LogP contribution in [0.1, 0.15) is 45.7 Å². The Labute approximate surface area is 124 Å². The molecule has 0 bridgehead atoms. The van der Waals surface area contributed by atoms with Crippen LogP contribution in [0, 0.1) is 0 Å². The van der Waals surface area contributed by atoms with Crippen molar-refractivity contribution in [3.63, 3.8) is 0 Å². The zero-order valence-electron chi connectivity index (χ0n) is 12.3. The van der Waals surface area contributed by atoms with Gasteiger partial charge in [-0.05, 0) is 25.3 Å². The fraction of sp³-hybridized carbons (Fsp3) is 0.600. The third-order valence-electron chi connectivity index (χ3n) is 4.11. The maximum absolute atomic E-state index is 6.13. The third-order valence-corrected chi connectivity index (χ3v) is 4.62. The van der Waals surface area contributed by atoms with Crippen molar-refractivity contribution in [1.82, 2.24) is 14.6 Å². The van der Waals surface area contributed by atoms with E-state index in [2.05, 4.69) is 42.2 Å².